The van der Waals surface area contributed by atoms with Crippen molar-refractivity contribution in [1.82, 2.24) is 4.31 Å². The van der Waals surface area contributed by atoms with Crippen LogP contribution in [0.25, 0.3) is 0 Å². The molecule has 116 valence electrons. The predicted octanol–water partition coefficient (Wildman–Crippen LogP) is 2.30. The van der Waals surface area contributed by atoms with E-state index in [0.29, 0.717) is 5.33 Å². The monoisotopic (exact) mass is 375 g/mol. The third-order valence-electron chi connectivity index (χ3n) is 3.23. The molecule has 0 atom stereocenters. The number of hydrogen-bond acceptors (Lipinski definition) is 4. The van der Waals surface area contributed by atoms with Crippen molar-refractivity contribution in [1.29, 1.82) is 0 Å². The minimum absolute atomic E-state index is 0.0877. The fourth-order valence-electron chi connectivity index (χ4n) is 1.99. The lowest BCUT2D eigenvalue weighted by Crippen LogP contribution is -2.38. The van der Waals surface area contributed by atoms with Crippen LogP contribution in [0.5, 0.6) is 0 Å². The SMILES string of the molecule is CCOC(=O)CN(C1CC1)S(=O)(=O)c1ccc(CBr)cc1. The molecule has 0 spiro atoms. The molecule has 0 aromatic heterocycles. The highest BCUT2D eigenvalue weighted by atomic mass is 79.9. The number of esters is 1. The summed E-state index contributed by atoms with van der Waals surface area (Å²) in [4.78, 5) is 11.8. The van der Waals surface area contributed by atoms with Crippen molar-refractivity contribution >= 4 is 31.9 Å². The smallest absolute Gasteiger partial charge is 0.321 e. The van der Waals surface area contributed by atoms with E-state index in [-0.39, 0.29) is 24.1 Å². The van der Waals surface area contributed by atoms with Gasteiger partial charge in [-0.3, -0.25) is 4.79 Å². The van der Waals surface area contributed by atoms with Gasteiger partial charge >= 0.3 is 5.97 Å². The van der Waals surface area contributed by atoms with Gasteiger partial charge in [0.15, 0.2) is 0 Å². The summed E-state index contributed by atoms with van der Waals surface area (Å²) < 4.78 is 31.4. The number of benzene rings is 1. The van der Waals surface area contributed by atoms with Crippen molar-refractivity contribution in [3.63, 3.8) is 0 Å². The Kier molecular flexibility index (Phi) is 5.40. The van der Waals surface area contributed by atoms with Crippen LogP contribution in [0.15, 0.2) is 29.2 Å². The first-order valence-electron chi connectivity index (χ1n) is 6.81. The number of hydrogen-bond donors (Lipinski definition) is 0. The molecule has 1 saturated carbocycles. The minimum Gasteiger partial charge on any atom is -0.465 e. The molecule has 0 amide bonds. The van der Waals surface area contributed by atoms with Crippen molar-refractivity contribution in [2.24, 2.45) is 0 Å². The van der Waals surface area contributed by atoms with Gasteiger partial charge in [-0.25, -0.2) is 8.42 Å². The van der Waals surface area contributed by atoms with Crippen molar-refractivity contribution in [2.75, 3.05) is 13.2 Å². The molecule has 1 fully saturated rings. The highest BCUT2D eigenvalue weighted by molar-refractivity contribution is 9.08. The normalized spacial score (nSPS) is 15.2. The quantitative estimate of drug-likeness (QED) is 0.541. The molecule has 1 aliphatic rings. The largest absolute Gasteiger partial charge is 0.465 e. The van der Waals surface area contributed by atoms with E-state index in [1.807, 2.05) is 0 Å². The molecule has 7 heteroatoms. The molecule has 1 aromatic rings. The number of ether oxygens (including phenoxy) is 1. The predicted molar refractivity (Wildman–Crippen MR) is 82.6 cm³/mol. The lowest BCUT2D eigenvalue weighted by molar-refractivity contribution is -0.143. The van der Waals surface area contributed by atoms with Gasteiger partial charge in [0.25, 0.3) is 0 Å². The summed E-state index contributed by atoms with van der Waals surface area (Å²) in [5.74, 6) is -0.509. The molecule has 0 radical (unpaired) electrons. The summed E-state index contributed by atoms with van der Waals surface area (Å²) in [6, 6.07) is 6.59. The van der Waals surface area contributed by atoms with Crippen LogP contribution in [0.2, 0.25) is 0 Å². The van der Waals surface area contributed by atoms with Crippen LogP contribution >= 0.6 is 15.9 Å². The lowest BCUT2D eigenvalue weighted by atomic mass is 10.2. The van der Waals surface area contributed by atoms with Crippen LogP contribution in [0, 0.1) is 0 Å². The summed E-state index contributed by atoms with van der Waals surface area (Å²) in [5, 5.41) is 0.669. The van der Waals surface area contributed by atoms with E-state index in [1.54, 1.807) is 31.2 Å². The van der Waals surface area contributed by atoms with Crippen LogP contribution in [-0.2, 0) is 24.9 Å². The fraction of sp³-hybridized carbons (Fsp3) is 0.500. The molecule has 0 aliphatic heterocycles. The third-order valence-corrected chi connectivity index (χ3v) is 5.79. The average Bonchev–Trinajstić information content (AvgIpc) is 3.29. The number of alkyl halides is 1. The molecule has 21 heavy (non-hydrogen) atoms. The first-order valence-corrected chi connectivity index (χ1v) is 9.37. The number of rotatable bonds is 7. The summed E-state index contributed by atoms with van der Waals surface area (Å²) in [5.41, 5.74) is 0.998. The third kappa shape index (κ3) is 4.05. The maximum absolute atomic E-state index is 12.7. The summed E-state index contributed by atoms with van der Waals surface area (Å²) in [7, 11) is -3.66. The second-order valence-corrected chi connectivity index (χ2v) is 7.32. The van der Waals surface area contributed by atoms with Gasteiger partial charge in [0.05, 0.1) is 11.5 Å². The lowest BCUT2D eigenvalue weighted by Gasteiger charge is -2.21. The van der Waals surface area contributed by atoms with Crippen LogP contribution < -0.4 is 0 Å². The number of carbonyl (C=O) groups is 1. The van der Waals surface area contributed by atoms with Crippen LogP contribution in [0.4, 0.5) is 0 Å². The second kappa shape index (κ2) is 6.89. The van der Waals surface area contributed by atoms with Crippen molar-refractivity contribution in [2.45, 2.75) is 36.0 Å². The number of carbonyl (C=O) groups excluding carboxylic acids is 1. The minimum atomic E-state index is -3.66. The van der Waals surface area contributed by atoms with Gasteiger partial charge in [0.1, 0.15) is 6.54 Å². The Morgan fingerprint density at radius 2 is 1.95 bits per heavy atom. The Labute approximate surface area is 133 Å². The molecule has 2 rings (SSSR count). The zero-order chi connectivity index (χ0) is 15.5. The summed E-state index contributed by atoms with van der Waals surface area (Å²) in [6.07, 6.45) is 1.58. The molecular formula is C14H18BrNO4S. The molecule has 1 aromatic carbocycles. The highest BCUT2D eigenvalue weighted by Crippen LogP contribution is 2.32. The Morgan fingerprint density at radius 1 is 1.33 bits per heavy atom. The fourth-order valence-corrected chi connectivity index (χ4v) is 4.00. The van der Waals surface area contributed by atoms with Crippen LogP contribution in [0.1, 0.15) is 25.3 Å². The van der Waals surface area contributed by atoms with Crippen molar-refractivity contribution in [3.05, 3.63) is 29.8 Å². The average molecular weight is 376 g/mol. The Hall–Kier alpha value is -0.920. The molecule has 0 heterocycles. The molecule has 5 nitrogen and oxygen atoms in total. The van der Waals surface area contributed by atoms with Crippen molar-refractivity contribution < 1.29 is 17.9 Å². The van der Waals surface area contributed by atoms with Gasteiger partial charge in [-0.15, -0.1) is 0 Å². The van der Waals surface area contributed by atoms with Gasteiger partial charge in [0, 0.05) is 11.4 Å². The van der Waals surface area contributed by atoms with Crippen LogP contribution in [0.3, 0.4) is 0 Å². The zero-order valence-corrected chi connectivity index (χ0v) is 14.2. The molecule has 0 saturated heterocycles. The standard InChI is InChI=1S/C14H18BrNO4S/c1-2-20-14(17)10-16(12-5-6-12)21(18,19)13-7-3-11(9-15)4-8-13/h3-4,7-8,12H,2,5-6,9-10H2,1H3. The molecule has 1 aliphatic carbocycles. The molecule has 0 N–H and O–H groups in total. The number of sulfonamides is 1. The van der Waals surface area contributed by atoms with Gasteiger partial charge in [-0.2, -0.15) is 4.31 Å². The Bertz CT molecular complexity index is 596. The molecule has 0 bridgehead atoms. The number of nitrogens with zero attached hydrogens (tertiary/aromatic N) is 1. The first kappa shape index (κ1) is 16.5. The van der Waals surface area contributed by atoms with Gasteiger partial charge in [-0.05, 0) is 37.5 Å². The van der Waals surface area contributed by atoms with E-state index in [2.05, 4.69) is 15.9 Å². The summed E-state index contributed by atoms with van der Waals surface area (Å²) >= 11 is 3.32. The number of halogens is 1. The highest BCUT2D eigenvalue weighted by Gasteiger charge is 2.39. The van der Waals surface area contributed by atoms with Gasteiger partial charge in [0.2, 0.25) is 10.0 Å². The topological polar surface area (TPSA) is 63.7 Å². The van der Waals surface area contributed by atoms with Gasteiger partial charge in [-0.1, -0.05) is 28.1 Å². The van der Waals surface area contributed by atoms with E-state index >= 15 is 0 Å². The van der Waals surface area contributed by atoms with Crippen molar-refractivity contribution in [3.8, 4) is 0 Å². The zero-order valence-electron chi connectivity index (χ0n) is 11.8. The van der Waals surface area contributed by atoms with Gasteiger partial charge < -0.3 is 4.74 Å². The molecular weight excluding hydrogens is 358 g/mol. The van der Waals surface area contributed by atoms with E-state index < -0.39 is 16.0 Å². The van der Waals surface area contributed by atoms with E-state index in [9.17, 15) is 13.2 Å². The first-order chi connectivity index (χ1) is 9.98. The van der Waals surface area contributed by atoms with E-state index in [0.717, 1.165) is 18.4 Å². The Balaban J connectivity index is 2.22. The maximum atomic E-state index is 12.7. The maximum Gasteiger partial charge on any atom is 0.321 e. The second-order valence-electron chi connectivity index (χ2n) is 4.86. The van der Waals surface area contributed by atoms with E-state index in [4.69, 9.17) is 4.74 Å². The summed E-state index contributed by atoms with van der Waals surface area (Å²) in [6.45, 7) is 1.73. The van der Waals surface area contributed by atoms with Crippen LogP contribution in [-0.4, -0.2) is 37.9 Å². The molecule has 0 unspecified atom stereocenters. The van der Waals surface area contributed by atoms with E-state index in [1.165, 1.54) is 4.31 Å². The Morgan fingerprint density at radius 3 is 2.43 bits per heavy atom.